The normalized spacial score (nSPS) is 16.6. The minimum atomic E-state index is -0.514. The fourth-order valence-corrected chi connectivity index (χ4v) is 4.54. The number of fused-ring (bicyclic) bond motifs is 1. The molecular weight excluding hydrogens is 433 g/mol. The number of thioether (sulfide) groups is 1. The Hall–Kier alpha value is -3.46. The molecule has 164 valence electrons. The molecule has 32 heavy (non-hydrogen) atoms. The third-order valence-corrected chi connectivity index (χ3v) is 6.21. The highest BCUT2D eigenvalue weighted by Crippen LogP contribution is 2.32. The number of carbonyl (C=O) groups excluding carboxylic acids is 4. The molecule has 0 atom stereocenters. The highest BCUT2D eigenvalue weighted by Gasteiger charge is 2.35. The number of anilines is 1. The summed E-state index contributed by atoms with van der Waals surface area (Å²) in [6, 6.07) is 11.1. The molecule has 2 aliphatic rings. The fraction of sp³-hybridized carbons (Fsp3) is 0.217. The van der Waals surface area contributed by atoms with Gasteiger partial charge in [0, 0.05) is 43.4 Å². The maximum Gasteiger partial charge on any atom is 0.293 e. The van der Waals surface area contributed by atoms with Crippen molar-refractivity contribution in [2.24, 2.45) is 0 Å². The van der Waals surface area contributed by atoms with Gasteiger partial charge in [-0.3, -0.25) is 24.1 Å². The smallest absolute Gasteiger partial charge is 0.293 e. The molecule has 0 radical (unpaired) electrons. The summed E-state index contributed by atoms with van der Waals surface area (Å²) in [4.78, 5) is 51.8. The lowest BCUT2D eigenvalue weighted by Gasteiger charge is -2.15. The highest BCUT2D eigenvalue weighted by atomic mass is 32.2. The van der Waals surface area contributed by atoms with Gasteiger partial charge < -0.3 is 10.2 Å². The largest absolute Gasteiger partial charge is 0.350 e. The van der Waals surface area contributed by atoms with E-state index in [1.807, 2.05) is 0 Å². The van der Waals surface area contributed by atoms with Crippen molar-refractivity contribution in [3.05, 3.63) is 69.9 Å². The van der Waals surface area contributed by atoms with E-state index in [1.165, 1.54) is 25.1 Å². The van der Waals surface area contributed by atoms with Gasteiger partial charge in [-0.25, -0.2) is 4.39 Å². The van der Waals surface area contributed by atoms with Crippen LogP contribution in [0.15, 0.2) is 47.4 Å². The zero-order chi connectivity index (χ0) is 22.8. The molecule has 0 aromatic heterocycles. The summed E-state index contributed by atoms with van der Waals surface area (Å²) in [6.07, 6.45) is 2.04. The second-order valence-electron chi connectivity index (χ2n) is 7.37. The highest BCUT2D eigenvalue weighted by molar-refractivity contribution is 8.18. The van der Waals surface area contributed by atoms with Crippen LogP contribution in [0.5, 0.6) is 0 Å². The van der Waals surface area contributed by atoms with Crippen LogP contribution in [0, 0.1) is 5.82 Å². The van der Waals surface area contributed by atoms with Crippen molar-refractivity contribution in [1.29, 1.82) is 0 Å². The van der Waals surface area contributed by atoms with Crippen LogP contribution >= 0.6 is 11.8 Å². The molecule has 2 aromatic carbocycles. The molecule has 1 N–H and O–H groups in total. The molecule has 0 spiro atoms. The lowest BCUT2D eigenvalue weighted by Crippen LogP contribution is -2.37. The van der Waals surface area contributed by atoms with Crippen molar-refractivity contribution in [3.8, 4) is 0 Å². The van der Waals surface area contributed by atoms with Gasteiger partial charge in [0.25, 0.3) is 17.1 Å². The summed E-state index contributed by atoms with van der Waals surface area (Å²) in [5.74, 6) is -1.36. The first-order valence-electron chi connectivity index (χ1n) is 10.0. The Morgan fingerprint density at radius 1 is 1.19 bits per heavy atom. The van der Waals surface area contributed by atoms with Crippen molar-refractivity contribution in [2.75, 3.05) is 24.5 Å². The van der Waals surface area contributed by atoms with Crippen molar-refractivity contribution >= 4 is 46.5 Å². The van der Waals surface area contributed by atoms with E-state index in [1.54, 1.807) is 35.2 Å². The zero-order valence-corrected chi connectivity index (χ0v) is 18.1. The third kappa shape index (κ3) is 4.29. The summed E-state index contributed by atoms with van der Waals surface area (Å²) in [5.41, 5.74) is 2.42. The molecule has 7 nitrogen and oxygen atoms in total. The summed E-state index contributed by atoms with van der Waals surface area (Å²) in [7, 11) is 0. The number of benzene rings is 2. The van der Waals surface area contributed by atoms with Crippen LogP contribution in [-0.2, 0) is 16.0 Å². The summed E-state index contributed by atoms with van der Waals surface area (Å²) in [6.45, 7) is 2.19. The molecule has 2 aliphatic heterocycles. The third-order valence-electron chi connectivity index (χ3n) is 5.30. The first kappa shape index (κ1) is 21.8. The zero-order valence-electron chi connectivity index (χ0n) is 17.3. The van der Waals surface area contributed by atoms with Gasteiger partial charge in [-0.15, -0.1) is 0 Å². The molecule has 2 aromatic rings. The number of halogens is 1. The summed E-state index contributed by atoms with van der Waals surface area (Å²) in [5, 5.41) is 2.25. The van der Waals surface area contributed by atoms with Crippen LogP contribution < -0.4 is 10.2 Å². The number of amides is 4. The van der Waals surface area contributed by atoms with Gasteiger partial charge in [0.05, 0.1) is 4.91 Å². The minimum Gasteiger partial charge on any atom is -0.350 e. The number of nitrogens with one attached hydrogen (secondary N) is 1. The van der Waals surface area contributed by atoms with Gasteiger partial charge in [-0.1, -0.05) is 18.2 Å². The van der Waals surface area contributed by atoms with Crippen molar-refractivity contribution in [2.45, 2.75) is 13.3 Å². The number of rotatable bonds is 5. The first-order valence-corrected chi connectivity index (χ1v) is 10.9. The lowest BCUT2D eigenvalue weighted by molar-refractivity contribution is -0.122. The van der Waals surface area contributed by atoms with Gasteiger partial charge in [0.15, 0.2) is 0 Å². The second-order valence-corrected chi connectivity index (χ2v) is 8.37. The summed E-state index contributed by atoms with van der Waals surface area (Å²) >= 11 is 0.743. The molecule has 0 unspecified atom stereocenters. The quantitative estimate of drug-likeness (QED) is 0.703. The maximum absolute atomic E-state index is 13.8. The Bertz CT molecular complexity index is 1160. The standard InChI is InChI=1S/C23H20FN3O4S/c1-14(28)26-10-8-16-12-17(6-7-19(16)26)21(29)25-9-11-27-22(30)20(32-23(27)31)13-15-4-2-3-5-18(15)24/h2-7,12-13H,8-11H2,1H3,(H,25,29)/b20-13-. The molecule has 4 rings (SSSR count). The van der Waals surface area contributed by atoms with E-state index < -0.39 is 17.0 Å². The van der Waals surface area contributed by atoms with Crippen LogP contribution in [0.4, 0.5) is 14.9 Å². The van der Waals surface area contributed by atoms with Gasteiger partial charge in [-0.05, 0) is 54.1 Å². The Kier molecular flexibility index (Phi) is 6.09. The number of hydrogen-bond donors (Lipinski definition) is 1. The Morgan fingerprint density at radius 3 is 2.72 bits per heavy atom. The average Bonchev–Trinajstić information content (AvgIpc) is 3.31. The number of imide groups is 1. The van der Waals surface area contributed by atoms with E-state index in [-0.39, 0.29) is 35.4 Å². The molecule has 0 aliphatic carbocycles. The van der Waals surface area contributed by atoms with Crippen LogP contribution in [-0.4, -0.2) is 47.5 Å². The maximum atomic E-state index is 13.8. The molecule has 2 heterocycles. The molecule has 0 saturated carbocycles. The van der Waals surface area contributed by atoms with Gasteiger partial charge in [-0.2, -0.15) is 0 Å². The molecular formula is C23H20FN3O4S. The minimum absolute atomic E-state index is 0.00801. The molecule has 9 heteroatoms. The van der Waals surface area contributed by atoms with E-state index in [4.69, 9.17) is 0 Å². The van der Waals surface area contributed by atoms with Crippen LogP contribution in [0.25, 0.3) is 6.08 Å². The van der Waals surface area contributed by atoms with E-state index in [2.05, 4.69) is 5.32 Å². The molecule has 1 fully saturated rings. The van der Waals surface area contributed by atoms with Crippen molar-refractivity contribution in [3.63, 3.8) is 0 Å². The monoisotopic (exact) mass is 453 g/mol. The summed E-state index contributed by atoms with van der Waals surface area (Å²) < 4.78 is 13.8. The van der Waals surface area contributed by atoms with E-state index >= 15 is 0 Å². The van der Waals surface area contributed by atoms with E-state index in [0.29, 0.717) is 18.5 Å². The number of carbonyl (C=O) groups is 4. The predicted octanol–water partition coefficient (Wildman–Crippen LogP) is 3.20. The Balaban J connectivity index is 1.36. The molecule has 0 bridgehead atoms. The number of nitrogens with zero attached hydrogens (tertiary/aromatic N) is 2. The molecule has 1 saturated heterocycles. The SMILES string of the molecule is CC(=O)N1CCc2cc(C(=O)NCCN3C(=O)S/C(=C\c4ccccc4F)C3=O)ccc21. The van der Waals surface area contributed by atoms with Crippen LogP contribution in [0.1, 0.15) is 28.4 Å². The van der Waals surface area contributed by atoms with Crippen molar-refractivity contribution < 1.29 is 23.6 Å². The number of hydrogen-bond acceptors (Lipinski definition) is 5. The van der Waals surface area contributed by atoms with Gasteiger partial charge >= 0.3 is 0 Å². The Morgan fingerprint density at radius 2 is 1.97 bits per heavy atom. The van der Waals surface area contributed by atoms with Crippen LogP contribution in [0.3, 0.4) is 0 Å². The van der Waals surface area contributed by atoms with E-state index in [9.17, 15) is 23.6 Å². The molecule has 4 amide bonds. The van der Waals surface area contributed by atoms with Gasteiger partial charge in [0.2, 0.25) is 5.91 Å². The first-order chi connectivity index (χ1) is 15.3. The fourth-order valence-electron chi connectivity index (χ4n) is 3.68. The topological polar surface area (TPSA) is 86.8 Å². The lowest BCUT2D eigenvalue weighted by atomic mass is 10.1. The van der Waals surface area contributed by atoms with E-state index in [0.717, 1.165) is 27.9 Å². The van der Waals surface area contributed by atoms with Gasteiger partial charge in [0.1, 0.15) is 5.82 Å². The van der Waals surface area contributed by atoms with Crippen LogP contribution in [0.2, 0.25) is 0 Å². The predicted molar refractivity (Wildman–Crippen MR) is 120 cm³/mol. The second kappa shape index (κ2) is 8.96. The Labute approximate surface area is 188 Å². The average molecular weight is 453 g/mol. The van der Waals surface area contributed by atoms with Crippen molar-refractivity contribution in [1.82, 2.24) is 10.2 Å².